The number of ether oxygens (including phenoxy) is 1. The molecule has 2 amide bonds. The van der Waals surface area contributed by atoms with Crippen molar-refractivity contribution in [2.24, 2.45) is 5.92 Å². The number of carbonyl (C=O) groups is 2. The molecule has 200 valence electrons. The van der Waals surface area contributed by atoms with Gasteiger partial charge in [-0.25, -0.2) is 4.57 Å². The van der Waals surface area contributed by atoms with Crippen LogP contribution in [0.4, 0.5) is 0 Å². The van der Waals surface area contributed by atoms with Crippen LogP contribution in [-0.4, -0.2) is 45.5 Å². The van der Waals surface area contributed by atoms with E-state index in [1.54, 1.807) is 54.4 Å². The highest BCUT2D eigenvalue weighted by Gasteiger charge is 2.32. The van der Waals surface area contributed by atoms with Crippen molar-refractivity contribution in [3.63, 3.8) is 0 Å². The maximum Gasteiger partial charge on any atom is 0.304 e. The minimum absolute atomic E-state index is 0.138. The van der Waals surface area contributed by atoms with Gasteiger partial charge < -0.3 is 15.0 Å². The van der Waals surface area contributed by atoms with Gasteiger partial charge in [0.25, 0.3) is 17.4 Å². The molecule has 0 saturated heterocycles. The lowest BCUT2D eigenvalue weighted by Crippen LogP contribution is -2.46. The number of nitrogens with zero attached hydrogens (tertiary/aromatic N) is 3. The van der Waals surface area contributed by atoms with Crippen LogP contribution in [0.25, 0.3) is 5.69 Å². The first-order valence-electron chi connectivity index (χ1n) is 12.4. The van der Waals surface area contributed by atoms with E-state index in [1.807, 2.05) is 27.7 Å². The highest BCUT2D eigenvalue weighted by atomic mass is 35.5. The van der Waals surface area contributed by atoms with Crippen LogP contribution in [0.5, 0.6) is 6.01 Å². The minimum Gasteiger partial charge on any atom is -0.461 e. The predicted octanol–water partition coefficient (Wildman–Crippen LogP) is 4.91. The molecule has 2 atom stereocenters. The van der Waals surface area contributed by atoms with E-state index in [0.29, 0.717) is 44.5 Å². The third kappa shape index (κ3) is 5.42. The quantitative estimate of drug-likeness (QED) is 0.465. The molecule has 1 aromatic heterocycles. The fourth-order valence-electron chi connectivity index (χ4n) is 4.22. The standard InChI is InChI=1S/C28H30Cl2N4O4/c1-15(2)17(4)38-28-32-24-14-33(26(36)19-8-11-22(29)23(30)13-19)16(3)12-21(24)27(37)34(28)20-9-6-18(7-10-20)25(35)31-5/h6-11,13,15-17H,12,14H2,1-5H3,(H,31,35)/t16-,17+/m1/s1. The number of rotatable bonds is 6. The van der Waals surface area contributed by atoms with Gasteiger partial charge >= 0.3 is 6.01 Å². The van der Waals surface area contributed by atoms with E-state index >= 15 is 0 Å². The fraction of sp³-hybridized carbons (Fsp3) is 0.357. The van der Waals surface area contributed by atoms with Crippen LogP contribution in [0.15, 0.2) is 47.3 Å². The predicted molar refractivity (Wildman–Crippen MR) is 148 cm³/mol. The number of hydrogen-bond acceptors (Lipinski definition) is 5. The third-order valence-electron chi connectivity index (χ3n) is 6.86. The summed E-state index contributed by atoms with van der Waals surface area (Å²) in [5.74, 6) is -0.284. The van der Waals surface area contributed by atoms with E-state index in [2.05, 4.69) is 5.32 Å². The molecule has 0 spiro atoms. The Kier molecular flexibility index (Phi) is 8.13. The first kappa shape index (κ1) is 27.7. The van der Waals surface area contributed by atoms with Gasteiger partial charge in [-0.2, -0.15) is 4.98 Å². The van der Waals surface area contributed by atoms with E-state index in [4.69, 9.17) is 32.9 Å². The molecule has 38 heavy (non-hydrogen) atoms. The van der Waals surface area contributed by atoms with Crippen molar-refractivity contribution in [1.29, 1.82) is 0 Å². The van der Waals surface area contributed by atoms with Gasteiger partial charge in [0.1, 0.15) is 6.10 Å². The summed E-state index contributed by atoms with van der Waals surface area (Å²) in [5, 5.41) is 3.25. The number of carbonyl (C=O) groups excluding carboxylic acids is 2. The van der Waals surface area contributed by atoms with E-state index < -0.39 is 0 Å². The van der Waals surface area contributed by atoms with Gasteiger partial charge in [-0.05, 0) is 68.7 Å². The summed E-state index contributed by atoms with van der Waals surface area (Å²) in [6.07, 6.45) is 0.0951. The van der Waals surface area contributed by atoms with Crippen molar-refractivity contribution in [1.82, 2.24) is 19.8 Å². The lowest BCUT2D eigenvalue weighted by atomic mass is 9.98. The van der Waals surface area contributed by atoms with Crippen molar-refractivity contribution in [3.05, 3.63) is 85.2 Å². The molecule has 1 N–H and O–H groups in total. The summed E-state index contributed by atoms with van der Waals surface area (Å²) in [6, 6.07) is 11.3. The van der Waals surface area contributed by atoms with E-state index in [1.165, 1.54) is 4.57 Å². The van der Waals surface area contributed by atoms with E-state index in [9.17, 15) is 14.4 Å². The van der Waals surface area contributed by atoms with Crippen LogP contribution in [0.1, 0.15) is 59.7 Å². The number of nitrogens with one attached hydrogen (secondary N) is 1. The Morgan fingerprint density at radius 3 is 2.32 bits per heavy atom. The number of amides is 2. The van der Waals surface area contributed by atoms with Gasteiger partial charge in [-0.15, -0.1) is 0 Å². The number of fused-ring (bicyclic) bond motifs is 1. The normalized spacial score (nSPS) is 15.7. The first-order chi connectivity index (χ1) is 18.0. The van der Waals surface area contributed by atoms with Crippen molar-refractivity contribution in [2.75, 3.05) is 7.05 Å². The molecule has 2 heterocycles. The molecule has 3 aromatic rings. The molecule has 8 nitrogen and oxygen atoms in total. The monoisotopic (exact) mass is 556 g/mol. The molecular formula is C28H30Cl2N4O4. The molecule has 0 unspecified atom stereocenters. The molecule has 4 rings (SSSR count). The van der Waals surface area contributed by atoms with Crippen LogP contribution in [0.2, 0.25) is 10.0 Å². The summed E-state index contributed by atoms with van der Waals surface area (Å²) in [5.41, 5.74) is 2.16. The molecule has 0 radical (unpaired) electrons. The zero-order valence-corrected chi connectivity index (χ0v) is 23.4. The maximum absolute atomic E-state index is 13.9. The van der Waals surface area contributed by atoms with Gasteiger partial charge in [0.05, 0.1) is 28.0 Å². The summed E-state index contributed by atoms with van der Waals surface area (Å²) in [4.78, 5) is 45.7. The molecular weight excluding hydrogens is 527 g/mol. The van der Waals surface area contributed by atoms with E-state index in [0.717, 1.165) is 0 Å². The summed E-state index contributed by atoms with van der Waals surface area (Å²) in [6.45, 7) is 7.99. The Labute approximate surface area is 231 Å². The second kappa shape index (κ2) is 11.2. The van der Waals surface area contributed by atoms with Gasteiger partial charge in [0, 0.05) is 29.8 Å². The van der Waals surface area contributed by atoms with Gasteiger partial charge in [-0.3, -0.25) is 14.4 Å². The average molecular weight is 557 g/mol. The average Bonchev–Trinajstić information content (AvgIpc) is 2.90. The van der Waals surface area contributed by atoms with Crippen LogP contribution in [0.3, 0.4) is 0 Å². The van der Waals surface area contributed by atoms with Crippen LogP contribution >= 0.6 is 23.2 Å². The summed E-state index contributed by atoms with van der Waals surface area (Å²) < 4.78 is 7.62. The topological polar surface area (TPSA) is 93.5 Å². The fourth-order valence-corrected chi connectivity index (χ4v) is 4.52. The zero-order valence-electron chi connectivity index (χ0n) is 21.9. The Balaban J connectivity index is 1.78. The van der Waals surface area contributed by atoms with Crippen LogP contribution in [0, 0.1) is 5.92 Å². The second-order valence-corrected chi connectivity index (χ2v) is 10.6. The van der Waals surface area contributed by atoms with Crippen LogP contribution < -0.4 is 15.6 Å². The van der Waals surface area contributed by atoms with Gasteiger partial charge in [0.2, 0.25) is 0 Å². The Morgan fingerprint density at radius 2 is 1.71 bits per heavy atom. The minimum atomic E-state index is -0.262. The Bertz CT molecular complexity index is 1440. The number of hydrogen-bond donors (Lipinski definition) is 1. The Hall–Kier alpha value is -3.36. The van der Waals surface area contributed by atoms with Crippen molar-refractivity contribution >= 4 is 35.0 Å². The second-order valence-electron chi connectivity index (χ2n) is 9.77. The van der Waals surface area contributed by atoms with Crippen molar-refractivity contribution in [3.8, 4) is 11.7 Å². The third-order valence-corrected chi connectivity index (χ3v) is 7.59. The van der Waals surface area contributed by atoms with Gasteiger partial charge in [-0.1, -0.05) is 37.0 Å². The maximum atomic E-state index is 13.9. The van der Waals surface area contributed by atoms with E-state index in [-0.39, 0.29) is 48.0 Å². The molecule has 0 bridgehead atoms. The Morgan fingerprint density at radius 1 is 1.05 bits per heavy atom. The number of aromatic nitrogens is 2. The number of halogens is 2. The first-order valence-corrected chi connectivity index (χ1v) is 13.2. The number of benzene rings is 2. The lowest BCUT2D eigenvalue weighted by molar-refractivity contribution is 0.0649. The molecule has 0 saturated carbocycles. The molecule has 2 aromatic carbocycles. The largest absolute Gasteiger partial charge is 0.461 e. The van der Waals surface area contributed by atoms with Crippen LogP contribution in [-0.2, 0) is 13.0 Å². The summed E-state index contributed by atoms with van der Waals surface area (Å²) >= 11 is 12.2. The molecule has 10 heteroatoms. The van der Waals surface area contributed by atoms with Gasteiger partial charge in [0.15, 0.2) is 0 Å². The smallest absolute Gasteiger partial charge is 0.304 e. The molecule has 0 fully saturated rings. The highest BCUT2D eigenvalue weighted by Crippen LogP contribution is 2.28. The van der Waals surface area contributed by atoms with Crippen molar-refractivity contribution in [2.45, 2.75) is 52.8 Å². The zero-order chi connectivity index (χ0) is 27.7. The molecule has 0 aliphatic carbocycles. The van der Waals surface area contributed by atoms with Crippen molar-refractivity contribution < 1.29 is 14.3 Å². The highest BCUT2D eigenvalue weighted by molar-refractivity contribution is 6.42. The molecule has 1 aliphatic rings. The lowest BCUT2D eigenvalue weighted by Gasteiger charge is -2.34. The summed E-state index contributed by atoms with van der Waals surface area (Å²) in [7, 11) is 1.56. The molecule has 1 aliphatic heterocycles. The SMILES string of the molecule is CNC(=O)c1ccc(-n2c(O[C@@H](C)C(C)C)nc3c(c2=O)C[C@@H](C)N(C(=O)c2ccc(Cl)c(Cl)c2)C3)cc1.